The summed E-state index contributed by atoms with van der Waals surface area (Å²) in [6, 6.07) is 14.2. The van der Waals surface area contributed by atoms with E-state index in [1.54, 1.807) is 12.3 Å². The summed E-state index contributed by atoms with van der Waals surface area (Å²) in [5.41, 5.74) is 4.44. The van der Waals surface area contributed by atoms with E-state index in [4.69, 9.17) is 8.83 Å². The molecule has 0 aliphatic heterocycles. The maximum atomic E-state index is 9.48. The topological polar surface area (TPSA) is 50.1 Å². The molecule has 0 atom stereocenters. The van der Waals surface area contributed by atoms with Crippen LogP contribution >= 0.6 is 0 Å². The van der Waals surface area contributed by atoms with E-state index in [0.717, 1.165) is 17.5 Å². The summed E-state index contributed by atoms with van der Waals surface area (Å²) in [6.07, 6.45) is 6.81. The summed E-state index contributed by atoms with van der Waals surface area (Å²) < 4.78 is 11.1. The number of nitrogens with zero attached hydrogens (tertiary/aromatic N) is 1. The average molecular weight is 317 g/mol. The Bertz CT molecular complexity index is 955. The number of furan rings is 2. The normalized spacial score (nSPS) is 11.6. The van der Waals surface area contributed by atoms with Crippen LogP contribution in [0, 0.1) is 11.3 Å². The quantitative estimate of drug-likeness (QED) is 0.715. The fourth-order valence-electron chi connectivity index (χ4n) is 2.73. The molecule has 0 N–H and O–H groups in total. The lowest BCUT2D eigenvalue weighted by atomic mass is 10.00. The van der Waals surface area contributed by atoms with Gasteiger partial charge in [0.25, 0.3) is 0 Å². The molecule has 3 nitrogen and oxygen atoms in total. The van der Waals surface area contributed by atoms with Crippen LogP contribution in [0.2, 0.25) is 0 Å². The molecule has 24 heavy (non-hydrogen) atoms. The van der Waals surface area contributed by atoms with Gasteiger partial charge in [-0.25, -0.2) is 0 Å². The van der Waals surface area contributed by atoms with Crippen LogP contribution in [0.5, 0.6) is 0 Å². The molecule has 120 valence electrons. The van der Waals surface area contributed by atoms with Crippen molar-refractivity contribution in [1.82, 2.24) is 0 Å². The molecule has 0 amide bonds. The number of benzene rings is 1. The summed E-state index contributed by atoms with van der Waals surface area (Å²) in [4.78, 5) is 0. The monoisotopic (exact) mass is 317 g/mol. The molecule has 0 spiro atoms. The Hall–Kier alpha value is -2.99. The number of aryl methyl sites for hydroxylation is 1. The lowest BCUT2D eigenvalue weighted by molar-refractivity contribution is 0.499. The van der Waals surface area contributed by atoms with Crippen LogP contribution in [0.1, 0.15) is 36.7 Å². The third-order valence-electron chi connectivity index (χ3n) is 4.00. The van der Waals surface area contributed by atoms with E-state index in [9.17, 15) is 5.26 Å². The van der Waals surface area contributed by atoms with Gasteiger partial charge in [0.05, 0.1) is 6.26 Å². The summed E-state index contributed by atoms with van der Waals surface area (Å²) >= 11 is 0. The summed E-state index contributed by atoms with van der Waals surface area (Å²) in [6.45, 7) is 6.03. The largest absolute Gasteiger partial charge is 0.465 e. The van der Waals surface area contributed by atoms with E-state index in [0.29, 0.717) is 22.2 Å². The first-order chi connectivity index (χ1) is 11.7. The third kappa shape index (κ3) is 3.18. The van der Waals surface area contributed by atoms with Gasteiger partial charge in [0, 0.05) is 11.6 Å². The molecule has 0 bridgehead atoms. The maximum Gasteiger partial charge on any atom is 0.140 e. The van der Waals surface area contributed by atoms with Gasteiger partial charge in [0.15, 0.2) is 0 Å². The molecule has 1 aromatic carbocycles. The number of rotatable bonds is 5. The molecule has 3 aromatic rings. The fourth-order valence-corrected chi connectivity index (χ4v) is 2.73. The molecule has 0 fully saturated rings. The van der Waals surface area contributed by atoms with Gasteiger partial charge in [0.2, 0.25) is 0 Å². The SMILES string of the molecule is C=c1o/c(=C/c2ccco2)c(-c2ccc(CCCC)cc2)c1C#N. The van der Waals surface area contributed by atoms with Crippen molar-refractivity contribution in [3.63, 3.8) is 0 Å². The lowest BCUT2D eigenvalue weighted by Crippen LogP contribution is -2.01. The predicted octanol–water partition coefficient (Wildman–Crippen LogP) is 3.99. The molecule has 0 aliphatic carbocycles. The van der Waals surface area contributed by atoms with Gasteiger partial charge in [-0.15, -0.1) is 0 Å². The first-order valence-electron chi connectivity index (χ1n) is 8.09. The third-order valence-corrected chi connectivity index (χ3v) is 4.00. The molecule has 2 aromatic heterocycles. The molecule has 0 unspecified atom stereocenters. The Morgan fingerprint density at radius 1 is 1.21 bits per heavy atom. The van der Waals surface area contributed by atoms with Crippen molar-refractivity contribution in [3.05, 3.63) is 70.4 Å². The molecular formula is C21H19NO2. The van der Waals surface area contributed by atoms with Gasteiger partial charge >= 0.3 is 0 Å². The Morgan fingerprint density at radius 2 is 2.00 bits per heavy atom. The zero-order chi connectivity index (χ0) is 16.9. The zero-order valence-corrected chi connectivity index (χ0v) is 13.7. The average Bonchev–Trinajstić information content (AvgIpc) is 3.21. The fraction of sp³-hybridized carbons (Fsp3) is 0.190. The van der Waals surface area contributed by atoms with Crippen LogP contribution in [0.3, 0.4) is 0 Å². The van der Waals surface area contributed by atoms with E-state index in [1.807, 2.05) is 24.3 Å². The van der Waals surface area contributed by atoms with E-state index < -0.39 is 0 Å². The van der Waals surface area contributed by atoms with Gasteiger partial charge in [-0.1, -0.05) is 44.2 Å². The summed E-state index contributed by atoms with van der Waals surface area (Å²) in [5.74, 6) is 0.675. The van der Waals surface area contributed by atoms with Crippen LogP contribution in [0.25, 0.3) is 23.8 Å². The minimum Gasteiger partial charge on any atom is -0.465 e. The standard InChI is InChI=1S/C21H19NO2/c1-3-4-6-16-8-10-17(11-9-16)21-19(14-22)15(2)24-20(21)13-18-7-5-12-23-18/h5,7-13H,2-4,6H2,1H3/b20-13+. The molecule has 0 aliphatic rings. The zero-order valence-electron chi connectivity index (χ0n) is 13.7. The van der Waals surface area contributed by atoms with Gasteiger partial charge < -0.3 is 8.83 Å². The maximum absolute atomic E-state index is 9.48. The van der Waals surface area contributed by atoms with Crippen molar-refractivity contribution in [1.29, 1.82) is 5.26 Å². The summed E-state index contributed by atoms with van der Waals surface area (Å²) in [7, 11) is 0. The van der Waals surface area contributed by atoms with Gasteiger partial charge in [-0.3, -0.25) is 0 Å². The highest BCUT2D eigenvalue weighted by atomic mass is 16.3. The van der Waals surface area contributed by atoms with Crippen molar-refractivity contribution >= 4 is 12.7 Å². The minimum absolute atomic E-state index is 0.375. The van der Waals surface area contributed by atoms with E-state index >= 15 is 0 Å². The second kappa shape index (κ2) is 7.06. The molecule has 0 saturated heterocycles. The van der Waals surface area contributed by atoms with Crippen molar-refractivity contribution in [2.45, 2.75) is 26.2 Å². The second-order valence-corrected chi connectivity index (χ2v) is 5.71. The number of hydrogen-bond donors (Lipinski definition) is 0. The Labute approximate surface area is 141 Å². The summed E-state index contributed by atoms with van der Waals surface area (Å²) in [5, 5.41) is 9.48. The van der Waals surface area contributed by atoms with Crippen molar-refractivity contribution < 1.29 is 8.83 Å². The van der Waals surface area contributed by atoms with Crippen LogP contribution in [0.15, 0.2) is 51.5 Å². The number of hydrogen-bond acceptors (Lipinski definition) is 3. The van der Waals surface area contributed by atoms with Crippen LogP contribution < -0.4 is 10.8 Å². The lowest BCUT2D eigenvalue weighted by Gasteiger charge is -2.03. The van der Waals surface area contributed by atoms with E-state index in [2.05, 4.69) is 31.7 Å². The predicted molar refractivity (Wildman–Crippen MR) is 94.5 cm³/mol. The Balaban J connectivity index is 2.10. The van der Waals surface area contributed by atoms with Gasteiger partial charge in [-0.2, -0.15) is 5.26 Å². The first-order valence-corrected chi connectivity index (χ1v) is 8.09. The van der Waals surface area contributed by atoms with Crippen molar-refractivity contribution in [2.75, 3.05) is 0 Å². The molecule has 0 saturated carbocycles. The van der Waals surface area contributed by atoms with Crippen molar-refractivity contribution in [2.24, 2.45) is 0 Å². The van der Waals surface area contributed by atoms with E-state index in [1.165, 1.54) is 18.4 Å². The molecule has 0 radical (unpaired) electrons. The second-order valence-electron chi connectivity index (χ2n) is 5.71. The highest BCUT2D eigenvalue weighted by Gasteiger charge is 2.13. The minimum atomic E-state index is 0.375. The highest BCUT2D eigenvalue weighted by molar-refractivity contribution is 5.72. The van der Waals surface area contributed by atoms with Gasteiger partial charge in [-0.05, 0) is 36.1 Å². The number of nitriles is 1. The highest BCUT2D eigenvalue weighted by Crippen LogP contribution is 2.20. The van der Waals surface area contributed by atoms with E-state index in [-0.39, 0.29) is 0 Å². The molecule has 3 heteroatoms. The molecular weight excluding hydrogens is 298 g/mol. The number of unbranched alkanes of at least 4 members (excludes halogenated alkanes) is 1. The van der Waals surface area contributed by atoms with Crippen LogP contribution in [-0.4, -0.2) is 0 Å². The molecule has 3 rings (SSSR count). The van der Waals surface area contributed by atoms with Crippen molar-refractivity contribution in [3.8, 4) is 17.2 Å². The molecule has 2 heterocycles. The first kappa shape index (κ1) is 15.9. The Kier molecular flexibility index (Phi) is 4.67. The van der Waals surface area contributed by atoms with Crippen LogP contribution in [-0.2, 0) is 6.42 Å². The van der Waals surface area contributed by atoms with Gasteiger partial charge in [0.1, 0.15) is 28.2 Å². The van der Waals surface area contributed by atoms with Crippen LogP contribution in [0.4, 0.5) is 0 Å². The smallest absolute Gasteiger partial charge is 0.140 e. The Morgan fingerprint density at radius 3 is 2.62 bits per heavy atom.